The van der Waals surface area contributed by atoms with Crippen LogP contribution >= 0.6 is 27.3 Å². The van der Waals surface area contributed by atoms with Gasteiger partial charge in [0.25, 0.3) is 0 Å². The number of carbonyl (C=O) groups excluding carboxylic acids is 1. The first kappa shape index (κ1) is 13.0. The molecule has 4 nitrogen and oxygen atoms in total. The molecule has 0 saturated carbocycles. The molecule has 0 fully saturated rings. The third kappa shape index (κ3) is 3.08. The standard InChI is InChI=1S/C12H12BrN3OS/c1-7(8-3-2-4-9(14)5-8)11(17)16-12-15-6-10(13)18-12/h2-7H,14H2,1H3,(H,15,16,17). The van der Waals surface area contributed by atoms with Crippen molar-refractivity contribution >= 4 is 44.0 Å². The number of benzene rings is 1. The van der Waals surface area contributed by atoms with Crippen LogP contribution in [0.4, 0.5) is 10.8 Å². The Bertz CT molecular complexity index is 570. The quantitative estimate of drug-likeness (QED) is 0.851. The Morgan fingerprint density at radius 2 is 2.33 bits per heavy atom. The molecule has 1 heterocycles. The molecule has 3 N–H and O–H groups in total. The number of anilines is 2. The number of thiazole rings is 1. The molecule has 0 aliphatic rings. The van der Waals surface area contributed by atoms with Gasteiger partial charge in [0.1, 0.15) is 0 Å². The van der Waals surface area contributed by atoms with E-state index in [0.29, 0.717) is 10.8 Å². The van der Waals surface area contributed by atoms with E-state index in [1.807, 2.05) is 25.1 Å². The molecular weight excluding hydrogens is 314 g/mol. The number of carbonyl (C=O) groups is 1. The molecule has 18 heavy (non-hydrogen) atoms. The van der Waals surface area contributed by atoms with E-state index in [1.165, 1.54) is 11.3 Å². The lowest BCUT2D eigenvalue weighted by Gasteiger charge is -2.11. The molecule has 0 spiro atoms. The SMILES string of the molecule is CC(C(=O)Nc1ncc(Br)s1)c1cccc(N)c1. The average Bonchev–Trinajstić information content (AvgIpc) is 2.73. The third-order valence-electron chi connectivity index (χ3n) is 2.51. The number of amides is 1. The minimum absolute atomic E-state index is 0.0950. The highest BCUT2D eigenvalue weighted by Crippen LogP contribution is 2.25. The molecule has 2 aromatic rings. The second-order valence-corrected chi connectivity index (χ2v) is 6.26. The van der Waals surface area contributed by atoms with Crippen LogP contribution in [-0.4, -0.2) is 10.9 Å². The van der Waals surface area contributed by atoms with Crippen molar-refractivity contribution in [3.63, 3.8) is 0 Å². The average molecular weight is 326 g/mol. The van der Waals surface area contributed by atoms with Crippen LogP contribution in [0.1, 0.15) is 18.4 Å². The van der Waals surface area contributed by atoms with Gasteiger partial charge in [0.2, 0.25) is 5.91 Å². The molecular formula is C12H12BrN3OS. The van der Waals surface area contributed by atoms with Gasteiger partial charge in [0.05, 0.1) is 15.9 Å². The fourth-order valence-electron chi connectivity index (χ4n) is 1.51. The summed E-state index contributed by atoms with van der Waals surface area (Å²) in [6, 6.07) is 7.33. The Kier molecular flexibility index (Phi) is 3.98. The van der Waals surface area contributed by atoms with Crippen LogP contribution in [0.2, 0.25) is 0 Å². The maximum atomic E-state index is 12.0. The lowest BCUT2D eigenvalue weighted by Crippen LogP contribution is -2.18. The Morgan fingerprint density at radius 3 is 2.94 bits per heavy atom. The monoisotopic (exact) mass is 325 g/mol. The largest absolute Gasteiger partial charge is 0.399 e. The predicted octanol–water partition coefficient (Wildman–Crippen LogP) is 3.23. The van der Waals surface area contributed by atoms with Crippen LogP contribution in [0, 0.1) is 0 Å². The van der Waals surface area contributed by atoms with Crippen LogP contribution < -0.4 is 11.1 Å². The van der Waals surface area contributed by atoms with E-state index < -0.39 is 0 Å². The van der Waals surface area contributed by atoms with Gasteiger partial charge in [-0.05, 0) is 40.5 Å². The third-order valence-corrected chi connectivity index (χ3v) is 3.90. The summed E-state index contributed by atoms with van der Waals surface area (Å²) in [6.07, 6.45) is 1.66. The Hall–Kier alpha value is -1.40. The Morgan fingerprint density at radius 1 is 1.56 bits per heavy atom. The number of nitrogen functional groups attached to an aromatic ring is 1. The molecule has 1 unspecified atom stereocenters. The molecule has 0 radical (unpaired) electrons. The minimum atomic E-state index is -0.267. The number of hydrogen-bond donors (Lipinski definition) is 2. The van der Waals surface area contributed by atoms with Gasteiger partial charge >= 0.3 is 0 Å². The van der Waals surface area contributed by atoms with E-state index in [9.17, 15) is 4.79 Å². The normalized spacial score (nSPS) is 12.1. The van der Waals surface area contributed by atoms with Crippen molar-refractivity contribution in [2.75, 3.05) is 11.1 Å². The van der Waals surface area contributed by atoms with E-state index in [4.69, 9.17) is 5.73 Å². The van der Waals surface area contributed by atoms with E-state index in [1.54, 1.807) is 12.3 Å². The van der Waals surface area contributed by atoms with Crippen molar-refractivity contribution in [3.8, 4) is 0 Å². The van der Waals surface area contributed by atoms with Crippen LogP contribution in [-0.2, 0) is 4.79 Å². The van der Waals surface area contributed by atoms with E-state index in [2.05, 4.69) is 26.2 Å². The predicted molar refractivity (Wildman–Crippen MR) is 77.7 cm³/mol. The minimum Gasteiger partial charge on any atom is -0.399 e. The molecule has 0 aliphatic heterocycles. The van der Waals surface area contributed by atoms with Gasteiger partial charge in [-0.25, -0.2) is 4.98 Å². The first-order valence-corrected chi connectivity index (χ1v) is 6.95. The molecule has 2 rings (SSSR count). The number of aromatic nitrogens is 1. The van der Waals surface area contributed by atoms with Gasteiger partial charge in [-0.2, -0.15) is 0 Å². The van der Waals surface area contributed by atoms with Crippen LogP contribution in [0.15, 0.2) is 34.2 Å². The summed E-state index contributed by atoms with van der Waals surface area (Å²) in [6.45, 7) is 1.84. The topological polar surface area (TPSA) is 68.0 Å². The second-order valence-electron chi connectivity index (χ2n) is 3.85. The molecule has 1 aromatic heterocycles. The molecule has 0 bridgehead atoms. The smallest absolute Gasteiger partial charge is 0.233 e. The first-order chi connectivity index (χ1) is 8.56. The fraction of sp³-hybridized carbons (Fsp3) is 0.167. The van der Waals surface area contributed by atoms with Crippen LogP contribution in [0.25, 0.3) is 0 Å². The lowest BCUT2D eigenvalue weighted by molar-refractivity contribution is -0.117. The molecule has 94 valence electrons. The van der Waals surface area contributed by atoms with E-state index >= 15 is 0 Å². The zero-order chi connectivity index (χ0) is 13.1. The van der Waals surface area contributed by atoms with Crippen molar-refractivity contribution in [2.45, 2.75) is 12.8 Å². The molecule has 1 aromatic carbocycles. The van der Waals surface area contributed by atoms with Gasteiger partial charge in [-0.3, -0.25) is 4.79 Å². The Balaban J connectivity index is 2.09. The van der Waals surface area contributed by atoms with Gasteiger partial charge in [0, 0.05) is 5.69 Å². The number of nitrogens with two attached hydrogens (primary N) is 1. The van der Waals surface area contributed by atoms with Crippen molar-refractivity contribution in [3.05, 3.63) is 39.8 Å². The number of hydrogen-bond acceptors (Lipinski definition) is 4. The van der Waals surface area contributed by atoms with Gasteiger partial charge in [-0.1, -0.05) is 23.5 Å². The highest BCUT2D eigenvalue weighted by atomic mass is 79.9. The summed E-state index contributed by atoms with van der Waals surface area (Å²) in [5.74, 6) is -0.362. The second kappa shape index (κ2) is 5.49. The number of nitrogens with zero attached hydrogens (tertiary/aromatic N) is 1. The zero-order valence-corrected chi connectivity index (χ0v) is 12.1. The molecule has 0 aliphatic carbocycles. The van der Waals surface area contributed by atoms with Crippen LogP contribution in [0.3, 0.4) is 0 Å². The number of rotatable bonds is 3. The van der Waals surface area contributed by atoms with Gasteiger partial charge in [-0.15, -0.1) is 0 Å². The first-order valence-electron chi connectivity index (χ1n) is 5.34. The number of nitrogens with one attached hydrogen (secondary N) is 1. The summed E-state index contributed by atoms with van der Waals surface area (Å²) in [5.41, 5.74) is 7.25. The molecule has 1 amide bonds. The van der Waals surface area contributed by atoms with Gasteiger partial charge in [0.15, 0.2) is 5.13 Å². The summed E-state index contributed by atoms with van der Waals surface area (Å²) in [7, 11) is 0. The summed E-state index contributed by atoms with van der Waals surface area (Å²) in [5, 5.41) is 3.36. The summed E-state index contributed by atoms with van der Waals surface area (Å²) < 4.78 is 0.884. The lowest BCUT2D eigenvalue weighted by atomic mass is 10.00. The highest BCUT2D eigenvalue weighted by molar-refractivity contribution is 9.11. The van der Waals surface area contributed by atoms with Crippen molar-refractivity contribution in [1.29, 1.82) is 0 Å². The van der Waals surface area contributed by atoms with Crippen LogP contribution in [0.5, 0.6) is 0 Å². The van der Waals surface area contributed by atoms with Crippen molar-refractivity contribution in [1.82, 2.24) is 4.98 Å². The van der Waals surface area contributed by atoms with Crippen molar-refractivity contribution in [2.24, 2.45) is 0 Å². The summed E-state index contributed by atoms with van der Waals surface area (Å²) >= 11 is 4.68. The van der Waals surface area contributed by atoms with Gasteiger partial charge < -0.3 is 11.1 Å². The maximum absolute atomic E-state index is 12.0. The molecule has 0 saturated heterocycles. The Labute approximate surface area is 117 Å². The maximum Gasteiger partial charge on any atom is 0.233 e. The fourth-order valence-corrected chi connectivity index (χ4v) is 2.62. The molecule has 6 heteroatoms. The highest BCUT2D eigenvalue weighted by Gasteiger charge is 2.16. The zero-order valence-electron chi connectivity index (χ0n) is 9.68. The number of halogens is 1. The molecule has 1 atom stereocenters. The van der Waals surface area contributed by atoms with E-state index in [-0.39, 0.29) is 11.8 Å². The van der Waals surface area contributed by atoms with Crippen molar-refractivity contribution < 1.29 is 4.79 Å². The van der Waals surface area contributed by atoms with E-state index in [0.717, 1.165) is 9.35 Å². The summed E-state index contributed by atoms with van der Waals surface area (Å²) in [4.78, 5) is 16.1.